The molecule has 0 aromatic rings. The first kappa shape index (κ1) is 14.5. The maximum Gasteiger partial charge on any atom is 0.237 e. The third kappa shape index (κ3) is 2.33. The second-order valence-electron chi connectivity index (χ2n) is 8.19. The highest BCUT2D eigenvalue weighted by Crippen LogP contribution is 2.57. The van der Waals surface area contributed by atoms with E-state index < -0.39 is 5.60 Å². The molecule has 5 heteroatoms. The van der Waals surface area contributed by atoms with Crippen molar-refractivity contribution >= 4 is 5.91 Å². The molecule has 0 unspecified atom stereocenters. The molecule has 120 valence electrons. The number of nitrogens with zero attached hydrogens (tertiary/aromatic N) is 2. The van der Waals surface area contributed by atoms with Gasteiger partial charge in [-0.1, -0.05) is 0 Å². The third-order valence-electron chi connectivity index (χ3n) is 6.37. The number of carbonyl (C=O) groups is 1. The van der Waals surface area contributed by atoms with Crippen LogP contribution in [0.4, 0.5) is 0 Å². The topological polar surface area (TPSA) is 76.4 Å². The van der Waals surface area contributed by atoms with E-state index in [9.17, 15) is 9.90 Å². The lowest BCUT2D eigenvalue weighted by molar-refractivity contribution is -0.147. The first-order valence-electron chi connectivity index (χ1n) is 8.67. The van der Waals surface area contributed by atoms with Crippen molar-refractivity contribution in [1.82, 2.24) is 10.2 Å². The highest BCUT2D eigenvalue weighted by atomic mass is 16.3. The molecule has 0 radical (unpaired) electrons. The number of nitriles is 1. The molecular formula is C17H25N3O2. The van der Waals surface area contributed by atoms with Crippen molar-refractivity contribution in [2.24, 2.45) is 11.8 Å². The Morgan fingerprint density at radius 2 is 2.05 bits per heavy atom. The van der Waals surface area contributed by atoms with Crippen molar-refractivity contribution in [3.05, 3.63) is 0 Å². The van der Waals surface area contributed by atoms with Crippen LogP contribution in [0.15, 0.2) is 0 Å². The number of nitrogens with one attached hydrogen (secondary N) is 1. The summed E-state index contributed by atoms with van der Waals surface area (Å²) in [6.45, 7) is 1.02. The van der Waals surface area contributed by atoms with E-state index in [1.807, 2.05) is 0 Å². The van der Waals surface area contributed by atoms with Gasteiger partial charge in [0.2, 0.25) is 5.91 Å². The quantitative estimate of drug-likeness (QED) is 0.821. The van der Waals surface area contributed by atoms with Gasteiger partial charge in [-0.25, -0.2) is 0 Å². The third-order valence-corrected chi connectivity index (χ3v) is 6.37. The largest absolute Gasteiger partial charge is 0.390 e. The molecule has 0 aromatic carbocycles. The van der Waals surface area contributed by atoms with Crippen molar-refractivity contribution in [2.45, 2.75) is 68.5 Å². The summed E-state index contributed by atoms with van der Waals surface area (Å²) >= 11 is 0. The Bertz CT molecular complexity index is 512. The average molecular weight is 303 g/mol. The molecule has 3 atom stereocenters. The molecule has 1 heterocycles. The van der Waals surface area contributed by atoms with E-state index in [1.165, 1.54) is 6.42 Å². The van der Waals surface area contributed by atoms with Crippen molar-refractivity contribution in [1.29, 1.82) is 5.26 Å². The molecule has 0 aromatic heterocycles. The molecule has 4 aliphatic carbocycles. The van der Waals surface area contributed by atoms with Gasteiger partial charge >= 0.3 is 0 Å². The first-order chi connectivity index (χ1) is 10.5. The summed E-state index contributed by atoms with van der Waals surface area (Å²) in [6.07, 6.45) is 7.87. The number of hydrogen-bond donors (Lipinski definition) is 2. The Kier molecular flexibility index (Phi) is 3.25. The fraction of sp³-hybridized carbons (Fsp3) is 0.882. The summed E-state index contributed by atoms with van der Waals surface area (Å²) in [5.41, 5.74) is -0.542. The lowest BCUT2D eigenvalue weighted by Gasteiger charge is -2.60. The van der Waals surface area contributed by atoms with Crippen LogP contribution in [0.1, 0.15) is 51.4 Å². The van der Waals surface area contributed by atoms with Crippen molar-refractivity contribution in [2.75, 3.05) is 13.1 Å². The van der Waals surface area contributed by atoms with Gasteiger partial charge in [0.25, 0.3) is 0 Å². The average Bonchev–Trinajstić information content (AvgIpc) is 2.90. The highest BCUT2D eigenvalue weighted by Gasteiger charge is 2.57. The van der Waals surface area contributed by atoms with Gasteiger partial charge in [0.1, 0.15) is 6.04 Å². The van der Waals surface area contributed by atoms with Crippen LogP contribution in [0.25, 0.3) is 0 Å². The maximum atomic E-state index is 12.4. The predicted octanol–water partition coefficient (Wildman–Crippen LogP) is 1.17. The van der Waals surface area contributed by atoms with E-state index in [2.05, 4.69) is 11.4 Å². The summed E-state index contributed by atoms with van der Waals surface area (Å²) in [6, 6.07) is 1.99. The molecule has 1 aliphatic heterocycles. The van der Waals surface area contributed by atoms with E-state index >= 15 is 0 Å². The minimum Gasteiger partial charge on any atom is -0.390 e. The number of amides is 1. The molecule has 5 nitrogen and oxygen atoms in total. The van der Waals surface area contributed by atoms with Gasteiger partial charge in [0.05, 0.1) is 18.2 Å². The van der Waals surface area contributed by atoms with Gasteiger partial charge in [-0.15, -0.1) is 0 Å². The van der Waals surface area contributed by atoms with Crippen LogP contribution in [0.2, 0.25) is 0 Å². The van der Waals surface area contributed by atoms with Gasteiger partial charge in [0, 0.05) is 12.1 Å². The van der Waals surface area contributed by atoms with Crippen LogP contribution in [-0.4, -0.2) is 46.2 Å². The Hall–Kier alpha value is -1.12. The lowest BCUT2D eigenvalue weighted by Crippen LogP contribution is -2.65. The number of likely N-dealkylation sites (tertiary alicyclic amines) is 1. The van der Waals surface area contributed by atoms with Crippen LogP contribution in [0, 0.1) is 23.2 Å². The molecule has 5 aliphatic rings. The molecule has 22 heavy (non-hydrogen) atoms. The van der Waals surface area contributed by atoms with Gasteiger partial charge in [-0.3, -0.25) is 4.79 Å². The zero-order valence-corrected chi connectivity index (χ0v) is 13.1. The Labute approximate surface area is 131 Å². The number of rotatable bonds is 3. The SMILES string of the molecule is N#C[C@@H]1CCCN1C(=O)CNC12C[C@H]3C[C@@H](CC(O)(C3)C1)C2. The van der Waals surface area contributed by atoms with Gasteiger partial charge in [0.15, 0.2) is 0 Å². The first-order valence-corrected chi connectivity index (χ1v) is 8.67. The molecule has 5 rings (SSSR count). The molecular weight excluding hydrogens is 278 g/mol. The number of hydrogen-bond acceptors (Lipinski definition) is 4. The Balaban J connectivity index is 1.41. The van der Waals surface area contributed by atoms with Gasteiger partial charge < -0.3 is 15.3 Å². The molecule has 4 saturated carbocycles. The predicted molar refractivity (Wildman–Crippen MR) is 80.7 cm³/mol. The van der Waals surface area contributed by atoms with E-state index in [0.29, 0.717) is 24.9 Å². The highest BCUT2D eigenvalue weighted by molar-refractivity contribution is 5.79. The molecule has 5 fully saturated rings. The Morgan fingerprint density at radius 3 is 2.68 bits per heavy atom. The van der Waals surface area contributed by atoms with Crippen molar-refractivity contribution < 1.29 is 9.90 Å². The van der Waals surface area contributed by atoms with Crippen LogP contribution in [0.3, 0.4) is 0 Å². The zero-order valence-electron chi connectivity index (χ0n) is 13.1. The summed E-state index contributed by atoms with van der Waals surface area (Å²) in [4.78, 5) is 14.2. The van der Waals surface area contributed by atoms with E-state index in [0.717, 1.165) is 44.9 Å². The second-order valence-corrected chi connectivity index (χ2v) is 8.19. The second kappa shape index (κ2) is 4.94. The standard InChI is InChI=1S/C17H25N3O2/c18-9-14-2-1-3-20(14)15(21)10-19-16-5-12-4-13(6-16)8-17(22,7-12)11-16/h12-14,19,22H,1-8,10-11H2/t12-,13-,14+,16?,17?/m1/s1. The van der Waals surface area contributed by atoms with Crippen LogP contribution < -0.4 is 5.32 Å². The monoisotopic (exact) mass is 303 g/mol. The number of carbonyl (C=O) groups excluding carboxylic acids is 1. The minimum atomic E-state index is -0.497. The zero-order chi connectivity index (χ0) is 15.4. The van der Waals surface area contributed by atoms with E-state index in [-0.39, 0.29) is 17.5 Å². The Morgan fingerprint density at radius 1 is 1.32 bits per heavy atom. The van der Waals surface area contributed by atoms with Crippen molar-refractivity contribution in [3.8, 4) is 6.07 Å². The maximum absolute atomic E-state index is 12.4. The fourth-order valence-electron chi connectivity index (χ4n) is 5.99. The van der Waals surface area contributed by atoms with Crippen LogP contribution in [-0.2, 0) is 4.79 Å². The summed E-state index contributed by atoms with van der Waals surface area (Å²) in [7, 11) is 0. The summed E-state index contributed by atoms with van der Waals surface area (Å²) in [5.74, 6) is 1.28. The normalized spacial score (nSPS) is 46.0. The summed E-state index contributed by atoms with van der Waals surface area (Å²) < 4.78 is 0. The molecule has 2 N–H and O–H groups in total. The molecule has 0 spiro atoms. The minimum absolute atomic E-state index is 0.0453. The summed E-state index contributed by atoms with van der Waals surface area (Å²) in [5, 5.41) is 23.4. The molecule has 1 saturated heterocycles. The smallest absolute Gasteiger partial charge is 0.237 e. The van der Waals surface area contributed by atoms with Gasteiger partial charge in [-0.05, 0) is 63.2 Å². The number of aliphatic hydroxyl groups is 1. The lowest BCUT2D eigenvalue weighted by atomic mass is 9.51. The fourth-order valence-corrected chi connectivity index (χ4v) is 5.99. The van der Waals surface area contributed by atoms with Crippen molar-refractivity contribution in [3.63, 3.8) is 0 Å². The van der Waals surface area contributed by atoms with E-state index in [1.54, 1.807) is 4.90 Å². The van der Waals surface area contributed by atoms with Gasteiger partial charge in [-0.2, -0.15) is 5.26 Å². The molecule has 1 amide bonds. The van der Waals surface area contributed by atoms with E-state index in [4.69, 9.17) is 5.26 Å². The van der Waals surface area contributed by atoms with Crippen LogP contribution >= 0.6 is 0 Å². The molecule has 4 bridgehead atoms. The van der Waals surface area contributed by atoms with Crippen LogP contribution in [0.5, 0.6) is 0 Å².